The number of benzene rings is 1. The lowest BCUT2D eigenvalue weighted by Crippen LogP contribution is -2.49. The molecule has 180 valence electrons. The van der Waals surface area contributed by atoms with Gasteiger partial charge in [0.15, 0.2) is 5.96 Å². The van der Waals surface area contributed by atoms with E-state index in [2.05, 4.69) is 58.6 Å². The average Bonchev–Trinajstić information content (AvgIpc) is 2.82. The van der Waals surface area contributed by atoms with Gasteiger partial charge >= 0.3 is 0 Å². The summed E-state index contributed by atoms with van der Waals surface area (Å²) >= 11 is 0. The van der Waals surface area contributed by atoms with Crippen molar-refractivity contribution in [2.45, 2.75) is 70.9 Å². The predicted octanol–water partition coefficient (Wildman–Crippen LogP) is 2.94. The van der Waals surface area contributed by atoms with Crippen LogP contribution in [0.1, 0.15) is 50.7 Å². The molecule has 0 bridgehead atoms. The van der Waals surface area contributed by atoms with Crippen molar-refractivity contribution >= 4 is 5.96 Å². The maximum Gasteiger partial charge on any atom is 0.191 e. The molecular formula is C25H42N4O3. The quantitative estimate of drug-likeness (QED) is 0.426. The molecule has 7 nitrogen and oxygen atoms in total. The van der Waals surface area contributed by atoms with Gasteiger partial charge in [-0.25, -0.2) is 0 Å². The summed E-state index contributed by atoms with van der Waals surface area (Å²) in [4.78, 5) is 6.92. The maximum atomic E-state index is 6.07. The smallest absolute Gasteiger partial charge is 0.191 e. The minimum Gasteiger partial charge on any atom is -0.381 e. The highest BCUT2D eigenvalue weighted by Crippen LogP contribution is 2.14. The molecular weight excluding hydrogens is 404 g/mol. The Balaban J connectivity index is 1.36. The van der Waals surface area contributed by atoms with Gasteiger partial charge in [-0.1, -0.05) is 24.3 Å². The highest BCUT2D eigenvalue weighted by Gasteiger charge is 2.20. The minimum absolute atomic E-state index is 0.309. The zero-order chi connectivity index (χ0) is 22.6. The number of aliphatic imine (C=N–C) groups is 1. The summed E-state index contributed by atoms with van der Waals surface area (Å²) in [5.41, 5.74) is 2.45. The average molecular weight is 447 g/mol. The number of piperidine rings is 1. The van der Waals surface area contributed by atoms with Crippen LogP contribution in [0.5, 0.6) is 0 Å². The van der Waals surface area contributed by atoms with E-state index < -0.39 is 0 Å². The van der Waals surface area contributed by atoms with Crippen molar-refractivity contribution < 1.29 is 14.2 Å². The Kier molecular flexibility index (Phi) is 10.8. The van der Waals surface area contributed by atoms with Crippen LogP contribution in [0.3, 0.4) is 0 Å². The van der Waals surface area contributed by atoms with E-state index in [1.165, 1.54) is 11.1 Å². The first-order valence-electron chi connectivity index (χ1n) is 12.2. The molecule has 32 heavy (non-hydrogen) atoms. The van der Waals surface area contributed by atoms with E-state index >= 15 is 0 Å². The number of rotatable bonds is 10. The number of likely N-dealkylation sites (tertiary alicyclic amines) is 1. The zero-order valence-electron chi connectivity index (χ0n) is 20.1. The van der Waals surface area contributed by atoms with E-state index in [4.69, 9.17) is 14.2 Å². The van der Waals surface area contributed by atoms with Gasteiger partial charge in [-0.15, -0.1) is 0 Å². The first kappa shape index (κ1) is 25.0. The molecule has 7 heteroatoms. The van der Waals surface area contributed by atoms with E-state index in [0.29, 0.717) is 24.9 Å². The molecule has 3 rings (SSSR count). The van der Waals surface area contributed by atoms with Crippen LogP contribution in [0.2, 0.25) is 0 Å². The minimum atomic E-state index is 0.309. The van der Waals surface area contributed by atoms with Crippen LogP contribution < -0.4 is 10.6 Å². The summed E-state index contributed by atoms with van der Waals surface area (Å²) in [7, 11) is 1.84. The van der Waals surface area contributed by atoms with Crippen molar-refractivity contribution in [3.05, 3.63) is 35.4 Å². The third-order valence-electron chi connectivity index (χ3n) is 6.12. The first-order valence-corrected chi connectivity index (χ1v) is 12.2. The van der Waals surface area contributed by atoms with Crippen LogP contribution in [-0.2, 0) is 27.4 Å². The standard InChI is InChI=1S/C25H42N4O3/c1-20(2)31-16-13-29-11-7-23(8-12-29)28-25(26-3)27-18-21-5-4-6-22(17-21)19-32-24-9-14-30-15-10-24/h4-6,17,20,23-24H,7-16,18-19H2,1-3H3,(H2,26,27,28). The van der Waals surface area contributed by atoms with Crippen LogP contribution in [-0.4, -0.2) is 75.6 Å². The molecule has 0 spiro atoms. The summed E-state index contributed by atoms with van der Waals surface area (Å²) in [6, 6.07) is 9.07. The van der Waals surface area contributed by atoms with E-state index in [-0.39, 0.29) is 0 Å². The number of nitrogens with zero attached hydrogens (tertiary/aromatic N) is 2. The molecule has 1 aromatic rings. The third-order valence-corrected chi connectivity index (χ3v) is 6.12. The molecule has 2 saturated heterocycles. The Morgan fingerprint density at radius 1 is 1.16 bits per heavy atom. The van der Waals surface area contributed by atoms with E-state index in [0.717, 1.165) is 77.6 Å². The molecule has 2 aliphatic heterocycles. The lowest BCUT2D eigenvalue weighted by molar-refractivity contribution is -0.0390. The Labute approximate surface area is 193 Å². The second-order valence-corrected chi connectivity index (χ2v) is 9.05. The Morgan fingerprint density at radius 2 is 1.91 bits per heavy atom. The van der Waals surface area contributed by atoms with Crippen molar-refractivity contribution in [1.29, 1.82) is 0 Å². The molecule has 1 aromatic carbocycles. The van der Waals surface area contributed by atoms with Gasteiger partial charge in [-0.2, -0.15) is 0 Å². The first-order chi connectivity index (χ1) is 15.6. The lowest BCUT2D eigenvalue weighted by Gasteiger charge is -2.33. The predicted molar refractivity (Wildman–Crippen MR) is 129 cm³/mol. The number of guanidine groups is 1. The van der Waals surface area contributed by atoms with Crippen molar-refractivity contribution in [2.75, 3.05) is 46.5 Å². The molecule has 0 unspecified atom stereocenters. The van der Waals surface area contributed by atoms with Crippen molar-refractivity contribution in [3.8, 4) is 0 Å². The van der Waals surface area contributed by atoms with Gasteiger partial charge in [0.2, 0.25) is 0 Å². The lowest BCUT2D eigenvalue weighted by atomic mass is 10.1. The van der Waals surface area contributed by atoms with Crippen LogP contribution in [0.4, 0.5) is 0 Å². The van der Waals surface area contributed by atoms with Crippen LogP contribution >= 0.6 is 0 Å². The highest BCUT2D eigenvalue weighted by molar-refractivity contribution is 5.79. The SMILES string of the molecule is CN=C(NCc1cccc(COC2CCOCC2)c1)NC1CCN(CCOC(C)C)CC1. The Morgan fingerprint density at radius 3 is 2.62 bits per heavy atom. The van der Waals surface area contributed by atoms with Crippen molar-refractivity contribution in [3.63, 3.8) is 0 Å². The summed E-state index contributed by atoms with van der Waals surface area (Å²) < 4.78 is 17.2. The molecule has 0 aromatic heterocycles. The van der Waals surface area contributed by atoms with Crippen LogP contribution in [0, 0.1) is 0 Å². The number of hydrogen-bond donors (Lipinski definition) is 2. The van der Waals surface area contributed by atoms with E-state index in [1.54, 1.807) is 0 Å². The molecule has 2 fully saturated rings. The van der Waals surface area contributed by atoms with Gasteiger partial charge in [0.25, 0.3) is 0 Å². The maximum absolute atomic E-state index is 6.07. The molecule has 2 aliphatic rings. The summed E-state index contributed by atoms with van der Waals surface area (Å²) in [5, 5.41) is 7.07. The van der Waals surface area contributed by atoms with Crippen molar-refractivity contribution in [1.82, 2.24) is 15.5 Å². The Hall–Kier alpha value is -1.67. The molecule has 0 saturated carbocycles. The Bertz CT molecular complexity index is 684. The van der Waals surface area contributed by atoms with Gasteiger partial charge in [0.05, 0.1) is 25.4 Å². The summed E-state index contributed by atoms with van der Waals surface area (Å²) in [6.45, 7) is 11.3. The second-order valence-electron chi connectivity index (χ2n) is 9.05. The topological polar surface area (TPSA) is 67.4 Å². The van der Waals surface area contributed by atoms with Gasteiger partial charge in [-0.3, -0.25) is 4.99 Å². The number of nitrogens with one attached hydrogen (secondary N) is 2. The zero-order valence-corrected chi connectivity index (χ0v) is 20.1. The molecule has 2 N–H and O–H groups in total. The van der Waals surface area contributed by atoms with Gasteiger partial charge in [0.1, 0.15) is 0 Å². The fraction of sp³-hybridized carbons (Fsp3) is 0.720. The fourth-order valence-electron chi connectivity index (χ4n) is 4.18. The third kappa shape index (κ3) is 9.06. The summed E-state index contributed by atoms with van der Waals surface area (Å²) in [5.74, 6) is 0.871. The molecule has 0 radical (unpaired) electrons. The summed E-state index contributed by atoms with van der Waals surface area (Å²) in [6.07, 6.45) is 4.87. The molecule has 0 atom stereocenters. The van der Waals surface area contributed by atoms with Gasteiger partial charge in [0, 0.05) is 52.5 Å². The molecule has 2 heterocycles. The number of ether oxygens (including phenoxy) is 3. The van der Waals surface area contributed by atoms with Crippen LogP contribution in [0.25, 0.3) is 0 Å². The molecule has 0 aliphatic carbocycles. The van der Waals surface area contributed by atoms with E-state index in [1.807, 2.05) is 7.05 Å². The number of hydrogen-bond acceptors (Lipinski definition) is 5. The normalized spacial score (nSPS) is 19.4. The largest absolute Gasteiger partial charge is 0.381 e. The fourth-order valence-corrected chi connectivity index (χ4v) is 4.18. The van der Waals surface area contributed by atoms with Gasteiger partial charge in [-0.05, 0) is 50.7 Å². The molecule has 0 amide bonds. The van der Waals surface area contributed by atoms with Gasteiger partial charge < -0.3 is 29.7 Å². The van der Waals surface area contributed by atoms with Crippen LogP contribution in [0.15, 0.2) is 29.3 Å². The van der Waals surface area contributed by atoms with E-state index in [9.17, 15) is 0 Å². The second kappa shape index (κ2) is 13.8. The highest BCUT2D eigenvalue weighted by atomic mass is 16.5. The van der Waals surface area contributed by atoms with Crippen molar-refractivity contribution in [2.24, 2.45) is 4.99 Å². The monoisotopic (exact) mass is 446 g/mol.